The maximum atomic E-state index is 12.9. The number of thiocarbonyl (C=S) groups is 1. The van der Waals surface area contributed by atoms with Crippen LogP contribution in [0, 0.1) is 12.7 Å². The third-order valence-electron chi connectivity index (χ3n) is 3.45. The number of anilines is 1. The molecular weight excluding hydrogens is 315 g/mol. The lowest BCUT2D eigenvalue weighted by molar-refractivity contribution is 0.628. The van der Waals surface area contributed by atoms with Crippen molar-refractivity contribution in [2.45, 2.75) is 13.5 Å². The van der Waals surface area contributed by atoms with Crippen molar-refractivity contribution in [3.63, 3.8) is 0 Å². The number of thiophene rings is 1. The van der Waals surface area contributed by atoms with E-state index in [2.05, 4.69) is 41.8 Å². The lowest BCUT2D eigenvalue weighted by atomic mass is 10.1. The van der Waals surface area contributed by atoms with Gasteiger partial charge in [0.15, 0.2) is 5.11 Å². The Morgan fingerprint density at radius 1 is 1.14 bits per heavy atom. The third-order valence-corrected chi connectivity index (χ3v) is 4.97. The molecule has 0 saturated heterocycles. The molecule has 0 atom stereocenters. The first kappa shape index (κ1) is 14.9. The second-order valence-corrected chi connectivity index (χ2v) is 6.51. The molecule has 0 aliphatic carbocycles. The molecule has 0 aliphatic rings. The number of fused-ring (bicyclic) bond motifs is 1. The van der Waals surface area contributed by atoms with Crippen molar-refractivity contribution < 1.29 is 4.39 Å². The van der Waals surface area contributed by atoms with E-state index in [0.29, 0.717) is 11.7 Å². The van der Waals surface area contributed by atoms with Crippen LogP contribution in [0.2, 0.25) is 0 Å². The van der Waals surface area contributed by atoms with Gasteiger partial charge in [0, 0.05) is 15.3 Å². The Morgan fingerprint density at radius 3 is 2.59 bits per heavy atom. The van der Waals surface area contributed by atoms with E-state index in [1.165, 1.54) is 32.7 Å². The molecule has 22 heavy (non-hydrogen) atoms. The van der Waals surface area contributed by atoms with Crippen LogP contribution in [0.25, 0.3) is 10.1 Å². The fourth-order valence-corrected chi connectivity index (χ4v) is 3.60. The summed E-state index contributed by atoms with van der Waals surface area (Å²) in [6.45, 7) is 2.81. The molecule has 2 aromatic carbocycles. The number of aryl methyl sites for hydroxylation is 1. The number of nitrogens with one attached hydrogen (secondary N) is 2. The molecule has 0 saturated carbocycles. The third kappa shape index (κ3) is 3.26. The highest BCUT2D eigenvalue weighted by atomic mass is 32.1. The highest BCUT2D eigenvalue weighted by Gasteiger charge is 2.08. The molecular formula is C17H15FN2S2. The molecule has 3 aromatic rings. The second kappa shape index (κ2) is 6.42. The van der Waals surface area contributed by atoms with Crippen LogP contribution in [-0.4, -0.2) is 5.11 Å². The quantitative estimate of drug-likeness (QED) is 0.672. The summed E-state index contributed by atoms with van der Waals surface area (Å²) in [5.41, 5.74) is 2.06. The monoisotopic (exact) mass is 330 g/mol. The van der Waals surface area contributed by atoms with Crippen molar-refractivity contribution in [2.75, 3.05) is 5.32 Å². The minimum Gasteiger partial charge on any atom is -0.358 e. The molecule has 0 bridgehead atoms. The van der Waals surface area contributed by atoms with Crippen LogP contribution in [-0.2, 0) is 6.54 Å². The largest absolute Gasteiger partial charge is 0.358 e. The average Bonchev–Trinajstić information content (AvgIpc) is 2.84. The first-order valence-electron chi connectivity index (χ1n) is 6.91. The van der Waals surface area contributed by atoms with Crippen LogP contribution in [0.4, 0.5) is 10.1 Å². The summed E-state index contributed by atoms with van der Waals surface area (Å²) in [6, 6.07) is 14.5. The smallest absolute Gasteiger partial charge is 0.171 e. The summed E-state index contributed by atoms with van der Waals surface area (Å²) in [5, 5.41) is 8.08. The highest BCUT2D eigenvalue weighted by molar-refractivity contribution is 7.80. The van der Waals surface area contributed by atoms with E-state index < -0.39 is 0 Å². The fourth-order valence-electron chi connectivity index (χ4n) is 2.26. The molecule has 5 heteroatoms. The summed E-state index contributed by atoms with van der Waals surface area (Å²) in [5.74, 6) is -0.259. The summed E-state index contributed by atoms with van der Waals surface area (Å²) >= 11 is 7.06. The van der Waals surface area contributed by atoms with E-state index in [9.17, 15) is 4.39 Å². The molecule has 1 aromatic heterocycles. The van der Waals surface area contributed by atoms with Crippen molar-refractivity contribution in [1.82, 2.24) is 5.32 Å². The second-order valence-electron chi connectivity index (χ2n) is 4.96. The Hall–Kier alpha value is -1.98. The zero-order valence-electron chi connectivity index (χ0n) is 12.0. The zero-order chi connectivity index (χ0) is 15.5. The lowest BCUT2D eigenvalue weighted by Gasteiger charge is -2.10. The first-order chi connectivity index (χ1) is 10.6. The van der Waals surface area contributed by atoms with Crippen molar-refractivity contribution in [3.8, 4) is 0 Å². The topological polar surface area (TPSA) is 24.1 Å². The van der Waals surface area contributed by atoms with Crippen molar-refractivity contribution >= 4 is 44.4 Å². The van der Waals surface area contributed by atoms with Gasteiger partial charge in [-0.05, 0) is 60.4 Å². The van der Waals surface area contributed by atoms with Gasteiger partial charge < -0.3 is 10.6 Å². The van der Waals surface area contributed by atoms with Gasteiger partial charge in [0.05, 0.1) is 6.54 Å². The van der Waals surface area contributed by atoms with Gasteiger partial charge in [-0.1, -0.05) is 18.2 Å². The normalized spacial score (nSPS) is 10.6. The van der Waals surface area contributed by atoms with E-state index in [1.807, 2.05) is 0 Å². The van der Waals surface area contributed by atoms with Crippen LogP contribution in [0.15, 0.2) is 48.5 Å². The van der Waals surface area contributed by atoms with Crippen LogP contribution < -0.4 is 10.6 Å². The Kier molecular flexibility index (Phi) is 4.36. The fraction of sp³-hybridized carbons (Fsp3) is 0.118. The SMILES string of the molecule is Cc1c(CNC(=S)Nc2ccc(F)cc2)sc2ccccc12. The van der Waals surface area contributed by atoms with Gasteiger partial charge in [0.25, 0.3) is 0 Å². The number of rotatable bonds is 3. The molecule has 2 N–H and O–H groups in total. The average molecular weight is 330 g/mol. The summed E-state index contributed by atoms with van der Waals surface area (Å²) < 4.78 is 14.2. The molecule has 0 amide bonds. The molecule has 0 spiro atoms. The van der Waals surface area contributed by atoms with Crippen LogP contribution in [0.1, 0.15) is 10.4 Å². The van der Waals surface area contributed by atoms with Crippen molar-refractivity contribution in [3.05, 3.63) is 64.8 Å². The zero-order valence-corrected chi connectivity index (χ0v) is 13.7. The number of hydrogen-bond acceptors (Lipinski definition) is 2. The Morgan fingerprint density at radius 2 is 1.86 bits per heavy atom. The van der Waals surface area contributed by atoms with Gasteiger partial charge in [-0.3, -0.25) is 0 Å². The molecule has 3 rings (SSSR count). The van der Waals surface area contributed by atoms with E-state index >= 15 is 0 Å². The molecule has 2 nitrogen and oxygen atoms in total. The van der Waals surface area contributed by atoms with Crippen LogP contribution in [0.3, 0.4) is 0 Å². The number of hydrogen-bond donors (Lipinski definition) is 2. The summed E-state index contributed by atoms with van der Waals surface area (Å²) in [7, 11) is 0. The standard InChI is InChI=1S/C17H15FN2S2/c1-11-14-4-2-3-5-15(14)22-16(11)10-19-17(21)20-13-8-6-12(18)7-9-13/h2-9H,10H2,1H3,(H2,19,20,21). The van der Waals surface area contributed by atoms with Crippen molar-refractivity contribution in [1.29, 1.82) is 0 Å². The molecule has 112 valence electrons. The Balaban J connectivity index is 1.64. The highest BCUT2D eigenvalue weighted by Crippen LogP contribution is 2.30. The van der Waals surface area contributed by atoms with Gasteiger partial charge in [0.2, 0.25) is 0 Å². The predicted octanol–water partition coefficient (Wildman–Crippen LogP) is 4.84. The summed E-state index contributed by atoms with van der Waals surface area (Å²) in [6.07, 6.45) is 0. The summed E-state index contributed by atoms with van der Waals surface area (Å²) in [4.78, 5) is 1.27. The Bertz CT molecular complexity index is 809. The van der Waals surface area contributed by atoms with E-state index in [4.69, 9.17) is 12.2 Å². The van der Waals surface area contributed by atoms with Gasteiger partial charge >= 0.3 is 0 Å². The van der Waals surface area contributed by atoms with E-state index in [1.54, 1.807) is 23.5 Å². The van der Waals surface area contributed by atoms with E-state index in [0.717, 1.165) is 5.69 Å². The maximum absolute atomic E-state index is 12.9. The lowest BCUT2D eigenvalue weighted by Crippen LogP contribution is -2.27. The molecule has 1 heterocycles. The van der Waals surface area contributed by atoms with E-state index in [-0.39, 0.29) is 5.82 Å². The maximum Gasteiger partial charge on any atom is 0.171 e. The van der Waals surface area contributed by atoms with Crippen LogP contribution in [0.5, 0.6) is 0 Å². The number of benzene rings is 2. The molecule has 0 unspecified atom stereocenters. The number of halogens is 1. The van der Waals surface area contributed by atoms with Gasteiger partial charge in [-0.25, -0.2) is 4.39 Å². The predicted molar refractivity (Wildman–Crippen MR) is 96.0 cm³/mol. The minimum atomic E-state index is -0.259. The first-order valence-corrected chi connectivity index (χ1v) is 8.13. The van der Waals surface area contributed by atoms with Gasteiger partial charge in [0.1, 0.15) is 5.82 Å². The van der Waals surface area contributed by atoms with Crippen molar-refractivity contribution in [2.24, 2.45) is 0 Å². The minimum absolute atomic E-state index is 0.259. The van der Waals surface area contributed by atoms with Gasteiger partial charge in [-0.2, -0.15) is 0 Å². The molecule has 0 aliphatic heterocycles. The molecule has 0 fully saturated rings. The van der Waals surface area contributed by atoms with Crippen LogP contribution >= 0.6 is 23.6 Å². The Labute approximate surface area is 138 Å². The van der Waals surface area contributed by atoms with Gasteiger partial charge in [-0.15, -0.1) is 11.3 Å². The molecule has 0 radical (unpaired) electrons.